The van der Waals surface area contributed by atoms with Gasteiger partial charge in [-0.15, -0.1) is 10.2 Å². The number of tetrazole rings is 1. The fourth-order valence-corrected chi connectivity index (χ4v) is 4.70. The third kappa shape index (κ3) is 5.00. The Labute approximate surface area is 202 Å². The summed E-state index contributed by atoms with van der Waals surface area (Å²) in [5.41, 5.74) is 2.62. The maximum Gasteiger partial charge on any atom is 0.250 e. The second-order valence-corrected chi connectivity index (χ2v) is 9.06. The van der Waals surface area contributed by atoms with Gasteiger partial charge in [0, 0.05) is 13.3 Å². The minimum Gasteiger partial charge on any atom is -0.347 e. The summed E-state index contributed by atoms with van der Waals surface area (Å²) < 4.78 is 0. The third-order valence-electron chi connectivity index (χ3n) is 6.69. The lowest BCUT2D eigenvalue weighted by Gasteiger charge is -2.29. The lowest BCUT2D eigenvalue weighted by atomic mass is 9.97. The Morgan fingerprint density at radius 3 is 2.71 bits per heavy atom. The molecule has 0 aliphatic carbocycles. The number of rotatable bonds is 8. The summed E-state index contributed by atoms with van der Waals surface area (Å²) in [5.74, 6) is -1.18. The fraction of sp³-hybridized carbons (Fsp3) is 0.522. The van der Waals surface area contributed by atoms with Crippen LogP contribution in [0.2, 0.25) is 0 Å². The minimum atomic E-state index is -0.825. The van der Waals surface area contributed by atoms with E-state index in [1.54, 1.807) is 0 Å². The number of nitrogens with one attached hydrogen (secondary N) is 4. The molecular formula is C23H30N8O4. The fourth-order valence-electron chi connectivity index (χ4n) is 4.70. The highest BCUT2D eigenvalue weighted by atomic mass is 16.2. The Morgan fingerprint density at radius 2 is 2.03 bits per heavy atom. The molecule has 2 aromatic rings. The van der Waals surface area contributed by atoms with E-state index < -0.39 is 24.0 Å². The van der Waals surface area contributed by atoms with Gasteiger partial charge in [0.05, 0.1) is 12.2 Å². The van der Waals surface area contributed by atoms with Crippen LogP contribution in [0.4, 0.5) is 5.69 Å². The van der Waals surface area contributed by atoms with E-state index in [9.17, 15) is 19.2 Å². The topological polar surface area (TPSA) is 162 Å². The van der Waals surface area contributed by atoms with Crippen molar-refractivity contribution in [1.82, 2.24) is 36.6 Å². The number of benzene rings is 1. The average Bonchev–Trinajstić information content (AvgIpc) is 3.47. The molecule has 0 unspecified atom stereocenters. The highest BCUT2D eigenvalue weighted by molar-refractivity contribution is 6.08. The number of hydrogen-bond acceptors (Lipinski definition) is 7. The number of aromatic nitrogens is 4. The zero-order valence-corrected chi connectivity index (χ0v) is 20.0. The molecular weight excluding hydrogens is 452 g/mol. The number of carbonyl (C=O) groups is 4. The summed E-state index contributed by atoms with van der Waals surface area (Å²) in [6.45, 7) is 5.25. The quantitative estimate of drug-likeness (QED) is 0.403. The molecule has 1 aromatic carbocycles. The molecule has 4 atom stereocenters. The van der Waals surface area contributed by atoms with Crippen LogP contribution in [-0.4, -0.2) is 62.4 Å². The Morgan fingerprint density at radius 1 is 1.26 bits per heavy atom. The van der Waals surface area contributed by atoms with Crippen LogP contribution in [0.3, 0.4) is 0 Å². The number of H-pyrrole nitrogens is 1. The van der Waals surface area contributed by atoms with E-state index in [2.05, 4.69) is 36.6 Å². The molecule has 186 valence electrons. The van der Waals surface area contributed by atoms with Gasteiger partial charge in [-0.3, -0.25) is 24.1 Å². The molecule has 3 heterocycles. The highest BCUT2D eigenvalue weighted by Gasteiger charge is 2.44. The smallest absolute Gasteiger partial charge is 0.250 e. The van der Waals surface area contributed by atoms with Gasteiger partial charge in [-0.05, 0) is 29.9 Å². The van der Waals surface area contributed by atoms with Gasteiger partial charge < -0.3 is 16.0 Å². The summed E-state index contributed by atoms with van der Waals surface area (Å²) >= 11 is 0. The molecule has 0 fully saturated rings. The second-order valence-electron chi connectivity index (χ2n) is 9.06. The summed E-state index contributed by atoms with van der Waals surface area (Å²) in [5, 5.41) is 21.8. The summed E-state index contributed by atoms with van der Waals surface area (Å²) in [4.78, 5) is 53.2. The van der Waals surface area contributed by atoms with E-state index in [0.29, 0.717) is 31.5 Å². The summed E-state index contributed by atoms with van der Waals surface area (Å²) in [6.07, 6.45) is 2.01. The van der Waals surface area contributed by atoms with Gasteiger partial charge in [0.1, 0.15) is 18.1 Å². The first-order valence-electron chi connectivity index (χ1n) is 11.8. The first kappa shape index (κ1) is 24.3. The Balaban J connectivity index is 1.56. The number of nitrogens with zero attached hydrogens (tertiary/aromatic N) is 4. The van der Waals surface area contributed by atoms with Gasteiger partial charge in [0.15, 0.2) is 5.82 Å². The monoisotopic (exact) mass is 482 g/mol. The minimum absolute atomic E-state index is 0.0739. The van der Waals surface area contributed by atoms with Crippen molar-refractivity contribution in [3.05, 3.63) is 35.2 Å². The van der Waals surface area contributed by atoms with Crippen LogP contribution in [0.1, 0.15) is 50.6 Å². The van der Waals surface area contributed by atoms with E-state index in [4.69, 9.17) is 0 Å². The predicted octanol–water partition coefficient (Wildman–Crippen LogP) is -0.244. The van der Waals surface area contributed by atoms with Crippen molar-refractivity contribution in [3.63, 3.8) is 0 Å². The van der Waals surface area contributed by atoms with Crippen LogP contribution in [0.5, 0.6) is 0 Å². The number of aromatic amines is 1. The molecule has 1 aromatic heterocycles. The predicted molar refractivity (Wildman–Crippen MR) is 125 cm³/mol. The second kappa shape index (κ2) is 10.2. The van der Waals surface area contributed by atoms with Crippen LogP contribution in [-0.2, 0) is 38.6 Å². The Bertz CT molecular complexity index is 1120. The maximum atomic E-state index is 13.7. The SMILES string of the molecule is CC[C@H](C)[C@H](NC(C)=O)C(=O)N[C@H]1CCc2cccc3c2N(C1=O)[C@H](C(=O)NCc1nn[nH]n1)C3. The van der Waals surface area contributed by atoms with E-state index in [1.807, 2.05) is 32.0 Å². The number of hydrogen-bond donors (Lipinski definition) is 4. The van der Waals surface area contributed by atoms with Gasteiger partial charge >= 0.3 is 0 Å². The van der Waals surface area contributed by atoms with E-state index in [-0.39, 0.29) is 30.2 Å². The molecule has 2 aliphatic heterocycles. The number of para-hydroxylation sites is 1. The zero-order chi connectivity index (χ0) is 25.1. The molecule has 0 saturated heterocycles. The number of amides is 4. The van der Waals surface area contributed by atoms with Crippen molar-refractivity contribution >= 4 is 29.3 Å². The standard InChI is InChI=1S/C23H30N8O4/c1-4-12(2)19(25-13(3)32)22(34)26-16-9-8-14-6-5-7-15-10-17(31(20(14)15)23(16)35)21(33)24-11-18-27-29-30-28-18/h5-7,12,16-17,19H,4,8-11H2,1-3H3,(H,24,33)(H,25,32)(H,26,34)(H,27,28,29,30)/t12-,16-,17-,19-/m0/s1. The molecule has 4 rings (SSSR count). The van der Waals surface area contributed by atoms with E-state index in [0.717, 1.165) is 16.8 Å². The molecule has 35 heavy (non-hydrogen) atoms. The number of aryl methyl sites for hydroxylation is 1. The molecule has 12 heteroatoms. The molecule has 0 saturated carbocycles. The maximum absolute atomic E-state index is 13.7. The summed E-state index contributed by atoms with van der Waals surface area (Å²) in [6, 6.07) is 3.45. The number of anilines is 1. The van der Waals surface area contributed by atoms with Crippen LogP contribution in [0.25, 0.3) is 0 Å². The van der Waals surface area contributed by atoms with Gasteiger partial charge in [-0.1, -0.05) is 43.7 Å². The van der Waals surface area contributed by atoms with Crippen molar-refractivity contribution < 1.29 is 19.2 Å². The summed E-state index contributed by atoms with van der Waals surface area (Å²) in [7, 11) is 0. The van der Waals surface area contributed by atoms with Crippen LogP contribution in [0.15, 0.2) is 18.2 Å². The first-order valence-corrected chi connectivity index (χ1v) is 11.8. The van der Waals surface area contributed by atoms with Crippen molar-refractivity contribution in [2.75, 3.05) is 4.90 Å². The van der Waals surface area contributed by atoms with Crippen molar-refractivity contribution in [3.8, 4) is 0 Å². The Kier molecular flexibility index (Phi) is 7.08. The molecule has 0 bridgehead atoms. The highest BCUT2D eigenvalue weighted by Crippen LogP contribution is 2.39. The number of carbonyl (C=O) groups excluding carboxylic acids is 4. The average molecular weight is 483 g/mol. The zero-order valence-electron chi connectivity index (χ0n) is 20.0. The van der Waals surface area contributed by atoms with Crippen LogP contribution < -0.4 is 20.9 Å². The normalized spacial score (nSPS) is 20.4. The molecule has 0 radical (unpaired) electrons. The lowest BCUT2D eigenvalue weighted by Crippen LogP contribution is -2.58. The molecule has 0 spiro atoms. The van der Waals surface area contributed by atoms with Crippen LogP contribution in [0, 0.1) is 5.92 Å². The van der Waals surface area contributed by atoms with Gasteiger partial charge in [-0.2, -0.15) is 5.21 Å². The molecule has 12 nitrogen and oxygen atoms in total. The lowest BCUT2D eigenvalue weighted by molar-refractivity contribution is -0.132. The largest absolute Gasteiger partial charge is 0.347 e. The van der Waals surface area contributed by atoms with E-state index in [1.165, 1.54) is 11.8 Å². The van der Waals surface area contributed by atoms with Gasteiger partial charge in [-0.25, -0.2) is 0 Å². The Hall–Kier alpha value is -3.83. The van der Waals surface area contributed by atoms with Crippen molar-refractivity contribution in [2.24, 2.45) is 5.92 Å². The molecule has 4 N–H and O–H groups in total. The van der Waals surface area contributed by atoms with Crippen LogP contribution >= 0.6 is 0 Å². The molecule has 4 amide bonds. The van der Waals surface area contributed by atoms with Crippen molar-refractivity contribution in [1.29, 1.82) is 0 Å². The van der Waals surface area contributed by atoms with E-state index >= 15 is 0 Å². The molecule has 2 aliphatic rings. The van der Waals surface area contributed by atoms with Gasteiger partial charge in [0.25, 0.3) is 0 Å². The van der Waals surface area contributed by atoms with Gasteiger partial charge in [0.2, 0.25) is 23.6 Å². The third-order valence-corrected chi connectivity index (χ3v) is 6.69. The van der Waals surface area contributed by atoms with Crippen molar-refractivity contribution in [2.45, 2.75) is 71.1 Å². The first-order chi connectivity index (χ1) is 16.8.